The van der Waals surface area contributed by atoms with E-state index in [0.29, 0.717) is 23.8 Å². The highest BCUT2D eigenvalue weighted by Gasteiger charge is 2.24. The van der Waals surface area contributed by atoms with Crippen LogP contribution < -0.4 is 11.1 Å². The Hall–Kier alpha value is -0.570. The summed E-state index contributed by atoms with van der Waals surface area (Å²) >= 11 is 0. The summed E-state index contributed by atoms with van der Waals surface area (Å²) in [5, 5.41) is 3.12. The zero-order chi connectivity index (χ0) is 11.4. The zero-order valence-corrected chi connectivity index (χ0v) is 10.1. The molecule has 2 fully saturated rings. The number of amides is 1. The fourth-order valence-electron chi connectivity index (χ4n) is 3.05. The lowest BCUT2D eigenvalue weighted by atomic mass is 9.88. The molecular weight excluding hydrogens is 200 g/mol. The molecule has 3 heteroatoms. The van der Waals surface area contributed by atoms with E-state index in [1.54, 1.807) is 0 Å². The Bertz CT molecular complexity index is 236. The highest BCUT2D eigenvalue weighted by atomic mass is 16.1. The molecule has 2 saturated carbocycles. The summed E-state index contributed by atoms with van der Waals surface area (Å²) in [5.41, 5.74) is 5.86. The molecule has 1 amide bonds. The Balaban J connectivity index is 1.66. The van der Waals surface area contributed by atoms with Crippen LogP contribution in [0.3, 0.4) is 0 Å². The van der Waals surface area contributed by atoms with Crippen molar-refractivity contribution < 1.29 is 4.79 Å². The van der Waals surface area contributed by atoms with Gasteiger partial charge in [0.25, 0.3) is 0 Å². The van der Waals surface area contributed by atoms with Crippen LogP contribution >= 0.6 is 0 Å². The molecule has 92 valence electrons. The van der Waals surface area contributed by atoms with Crippen LogP contribution in [0.1, 0.15) is 51.4 Å². The molecule has 0 aliphatic heterocycles. The summed E-state index contributed by atoms with van der Waals surface area (Å²) in [5.74, 6) is 1.21. The van der Waals surface area contributed by atoms with E-state index in [0.717, 1.165) is 32.2 Å². The minimum absolute atomic E-state index is 0.292. The van der Waals surface area contributed by atoms with Crippen LogP contribution in [-0.4, -0.2) is 18.5 Å². The molecule has 2 rings (SSSR count). The Morgan fingerprint density at radius 2 is 1.88 bits per heavy atom. The maximum Gasteiger partial charge on any atom is 0.223 e. The number of nitrogens with two attached hydrogens (primary N) is 1. The van der Waals surface area contributed by atoms with Gasteiger partial charge in [-0.1, -0.05) is 19.3 Å². The van der Waals surface area contributed by atoms with E-state index in [4.69, 9.17) is 5.73 Å². The van der Waals surface area contributed by atoms with Crippen molar-refractivity contribution in [1.82, 2.24) is 5.32 Å². The highest BCUT2D eigenvalue weighted by molar-refractivity contribution is 5.78. The molecule has 0 heterocycles. The third-order valence-corrected chi connectivity index (χ3v) is 4.12. The van der Waals surface area contributed by atoms with Crippen LogP contribution in [0.2, 0.25) is 0 Å². The van der Waals surface area contributed by atoms with Crippen molar-refractivity contribution in [1.29, 1.82) is 0 Å². The van der Waals surface area contributed by atoms with Gasteiger partial charge in [-0.25, -0.2) is 0 Å². The van der Waals surface area contributed by atoms with Gasteiger partial charge in [-0.05, 0) is 38.0 Å². The molecule has 0 spiro atoms. The quantitative estimate of drug-likeness (QED) is 0.768. The predicted molar refractivity (Wildman–Crippen MR) is 64.9 cm³/mol. The Morgan fingerprint density at radius 1 is 1.12 bits per heavy atom. The van der Waals surface area contributed by atoms with Crippen molar-refractivity contribution in [2.45, 2.75) is 57.4 Å². The summed E-state index contributed by atoms with van der Waals surface area (Å²) in [4.78, 5) is 11.9. The molecule has 0 radical (unpaired) electrons. The Labute approximate surface area is 98.2 Å². The van der Waals surface area contributed by atoms with E-state index in [9.17, 15) is 4.79 Å². The van der Waals surface area contributed by atoms with Crippen molar-refractivity contribution in [3.8, 4) is 0 Å². The van der Waals surface area contributed by atoms with Gasteiger partial charge in [0.15, 0.2) is 0 Å². The second-order valence-corrected chi connectivity index (χ2v) is 5.52. The van der Waals surface area contributed by atoms with Gasteiger partial charge in [0.05, 0.1) is 0 Å². The largest absolute Gasteiger partial charge is 0.356 e. The van der Waals surface area contributed by atoms with Crippen molar-refractivity contribution >= 4 is 5.91 Å². The van der Waals surface area contributed by atoms with Gasteiger partial charge in [-0.15, -0.1) is 0 Å². The van der Waals surface area contributed by atoms with Crippen molar-refractivity contribution in [2.75, 3.05) is 6.54 Å². The van der Waals surface area contributed by atoms with E-state index in [2.05, 4.69) is 5.32 Å². The minimum Gasteiger partial charge on any atom is -0.356 e. The Morgan fingerprint density at radius 3 is 2.50 bits per heavy atom. The van der Waals surface area contributed by atoms with Gasteiger partial charge in [0.1, 0.15) is 0 Å². The summed E-state index contributed by atoms with van der Waals surface area (Å²) in [7, 11) is 0. The van der Waals surface area contributed by atoms with Crippen LogP contribution in [0.5, 0.6) is 0 Å². The first-order chi connectivity index (χ1) is 7.75. The molecular formula is C13H24N2O. The number of nitrogens with one attached hydrogen (secondary N) is 1. The molecule has 0 bridgehead atoms. The fraction of sp³-hybridized carbons (Fsp3) is 0.923. The standard InChI is InChI=1S/C13H24N2O/c14-12-7-6-10(8-12)9-15-13(16)11-4-2-1-3-5-11/h10-12H,1-9,14H2,(H,15,16). The lowest BCUT2D eigenvalue weighted by Gasteiger charge is -2.21. The van der Waals surface area contributed by atoms with Gasteiger partial charge in [0, 0.05) is 18.5 Å². The molecule has 2 unspecified atom stereocenters. The molecule has 3 nitrogen and oxygen atoms in total. The second-order valence-electron chi connectivity index (χ2n) is 5.52. The second kappa shape index (κ2) is 5.67. The summed E-state index contributed by atoms with van der Waals surface area (Å²) < 4.78 is 0. The summed E-state index contributed by atoms with van der Waals surface area (Å²) in [6, 6.07) is 0.372. The highest BCUT2D eigenvalue weighted by Crippen LogP contribution is 2.25. The van der Waals surface area contributed by atoms with Crippen LogP contribution in [0.15, 0.2) is 0 Å². The maximum absolute atomic E-state index is 11.9. The molecule has 2 atom stereocenters. The topological polar surface area (TPSA) is 55.1 Å². The van der Waals surface area contributed by atoms with E-state index < -0.39 is 0 Å². The molecule has 3 N–H and O–H groups in total. The average Bonchev–Trinajstić information content (AvgIpc) is 2.73. The monoisotopic (exact) mass is 224 g/mol. The minimum atomic E-state index is 0.292. The number of carbonyl (C=O) groups is 1. The molecule has 0 saturated heterocycles. The van der Waals surface area contributed by atoms with Gasteiger partial charge in [-0.3, -0.25) is 4.79 Å². The molecule has 0 aromatic carbocycles. The van der Waals surface area contributed by atoms with Gasteiger partial charge in [0.2, 0.25) is 5.91 Å². The van der Waals surface area contributed by atoms with Crippen molar-refractivity contribution in [3.63, 3.8) is 0 Å². The van der Waals surface area contributed by atoms with E-state index in [1.807, 2.05) is 0 Å². The third kappa shape index (κ3) is 3.21. The van der Waals surface area contributed by atoms with Crippen LogP contribution in [0.4, 0.5) is 0 Å². The SMILES string of the molecule is NC1CCC(CNC(=O)C2CCCCC2)C1. The molecule has 2 aliphatic rings. The predicted octanol–water partition coefficient (Wildman–Crippen LogP) is 1.81. The summed E-state index contributed by atoms with van der Waals surface area (Å²) in [6.45, 7) is 0.850. The fourth-order valence-corrected chi connectivity index (χ4v) is 3.05. The Kier molecular flexibility index (Phi) is 4.22. The first kappa shape index (κ1) is 11.9. The van der Waals surface area contributed by atoms with E-state index in [1.165, 1.54) is 25.7 Å². The first-order valence-corrected chi connectivity index (χ1v) is 6.79. The number of hydrogen-bond acceptors (Lipinski definition) is 2. The van der Waals surface area contributed by atoms with Crippen LogP contribution in [-0.2, 0) is 4.79 Å². The first-order valence-electron chi connectivity index (χ1n) is 6.79. The molecule has 0 aromatic rings. The summed E-state index contributed by atoms with van der Waals surface area (Å²) in [6.07, 6.45) is 9.35. The number of rotatable bonds is 3. The number of carbonyl (C=O) groups excluding carboxylic acids is 1. The average molecular weight is 224 g/mol. The van der Waals surface area contributed by atoms with Crippen LogP contribution in [0.25, 0.3) is 0 Å². The van der Waals surface area contributed by atoms with Gasteiger partial charge < -0.3 is 11.1 Å². The molecule has 2 aliphatic carbocycles. The van der Waals surface area contributed by atoms with Gasteiger partial charge in [-0.2, -0.15) is 0 Å². The van der Waals surface area contributed by atoms with Gasteiger partial charge >= 0.3 is 0 Å². The third-order valence-electron chi connectivity index (χ3n) is 4.12. The molecule has 16 heavy (non-hydrogen) atoms. The lowest BCUT2D eigenvalue weighted by Crippen LogP contribution is -2.35. The van der Waals surface area contributed by atoms with Crippen molar-refractivity contribution in [3.05, 3.63) is 0 Å². The van der Waals surface area contributed by atoms with Crippen molar-refractivity contribution in [2.24, 2.45) is 17.6 Å². The normalized spacial score (nSPS) is 31.6. The lowest BCUT2D eigenvalue weighted by molar-refractivity contribution is -0.126. The smallest absolute Gasteiger partial charge is 0.223 e. The molecule has 0 aromatic heterocycles. The number of hydrogen-bond donors (Lipinski definition) is 2. The maximum atomic E-state index is 11.9. The van der Waals surface area contributed by atoms with Crippen LogP contribution in [0, 0.1) is 11.8 Å². The zero-order valence-electron chi connectivity index (χ0n) is 10.1. The van der Waals surface area contributed by atoms with E-state index in [-0.39, 0.29) is 0 Å². The van der Waals surface area contributed by atoms with E-state index >= 15 is 0 Å².